The van der Waals surface area contributed by atoms with Crippen LogP contribution in [0.15, 0.2) is 18.2 Å². The molecule has 0 saturated carbocycles. The molecule has 1 amide bonds. The van der Waals surface area contributed by atoms with Crippen LogP contribution in [0.3, 0.4) is 0 Å². The lowest BCUT2D eigenvalue weighted by Crippen LogP contribution is -2.45. The number of aryl methyl sites for hydroxylation is 1. The summed E-state index contributed by atoms with van der Waals surface area (Å²) in [6.45, 7) is 7.41. The third kappa shape index (κ3) is 3.79. The number of carboxylic acids is 1. The summed E-state index contributed by atoms with van der Waals surface area (Å²) in [4.78, 5) is 22.9. The van der Waals surface area contributed by atoms with E-state index in [-0.39, 0.29) is 16.9 Å². The number of rotatable bonds is 3. The van der Waals surface area contributed by atoms with E-state index >= 15 is 0 Å². The molecule has 1 aromatic rings. The van der Waals surface area contributed by atoms with Gasteiger partial charge in [0.1, 0.15) is 0 Å². The zero-order valence-corrected chi connectivity index (χ0v) is 11.7. The summed E-state index contributed by atoms with van der Waals surface area (Å²) in [6, 6.07) is 3.92. The first-order valence-corrected chi connectivity index (χ1v) is 6.03. The molecule has 0 bridgehead atoms. The van der Waals surface area contributed by atoms with Crippen molar-refractivity contribution in [2.24, 2.45) is 11.1 Å². The van der Waals surface area contributed by atoms with Gasteiger partial charge >= 0.3 is 5.97 Å². The van der Waals surface area contributed by atoms with Gasteiger partial charge in [-0.2, -0.15) is 0 Å². The molecule has 0 unspecified atom stereocenters. The number of carboxylic acid groups (broad SMARTS) is 1. The van der Waals surface area contributed by atoms with E-state index < -0.39 is 12.0 Å². The molecular weight excluding hydrogens is 244 g/mol. The summed E-state index contributed by atoms with van der Waals surface area (Å²) in [6.07, 6.45) is 0. The van der Waals surface area contributed by atoms with Crippen LogP contribution in [0.4, 0.5) is 5.69 Å². The van der Waals surface area contributed by atoms with Gasteiger partial charge in [0.2, 0.25) is 5.91 Å². The number of benzene rings is 1. The van der Waals surface area contributed by atoms with Gasteiger partial charge in [0.25, 0.3) is 0 Å². The molecule has 0 heterocycles. The van der Waals surface area contributed by atoms with Crippen LogP contribution >= 0.6 is 0 Å². The van der Waals surface area contributed by atoms with Crippen LogP contribution < -0.4 is 11.1 Å². The second kappa shape index (κ2) is 5.40. The highest BCUT2D eigenvalue weighted by Gasteiger charge is 2.27. The second-order valence-corrected chi connectivity index (χ2v) is 5.67. The summed E-state index contributed by atoms with van der Waals surface area (Å²) in [5.41, 5.74) is 6.90. The van der Waals surface area contributed by atoms with E-state index in [0.29, 0.717) is 5.69 Å². The number of hydrogen-bond donors (Lipinski definition) is 3. The molecule has 0 aromatic heterocycles. The monoisotopic (exact) mass is 264 g/mol. The normalized spacial score (nSPS) is 12.9. The predicted molar refractivity (Wildman–Crippen MR) is 74.2 cm³/mol. The van der Waals surface area contributed by atoms with Crippen molar-refractivity contribution in [1.29, 1.82) is 0 Å². The van der Waals surface area contributed by atoms with Crippen molar-refractivity contribution in [2.75, 3.05) is 5.32 Å². The van der Waals surface area contributed by atoms with Gasteiger partial charge in [0, 0.05) is 5.69 Å². The SMILES string of the molecule is Cc1ccc(C(=O)O)cc1NC(=O)[C@@H](N)C(C)(C)C. The van der Waals surface area contributed by atoms with Crippen LogP contribution in [0.25, 0.3) is 0 Å². The number of amides is 1. The fraction of sp³-hybridized carbons (Fsp3) is 0.429. The van der Waals surface area contributed by atoms with Gasteiger partial charge < -0.3 is 16.2 Å². The predicted octanol–water partition coefficient (Wildman–Crippen LogP) is 2.01. The third-order valence-electron chi connectivity index (χ3n) is 2.96. The van der Waals surface area contributed by atoms with E-state index in [1.54, 1.807) is 13.0 Å². The molecule has 5 heteroatoms. The highest BCUT2D eigenvalue weighted by Crippen LogP contribution is 2.21. The molecule has 0 spiro atoms. The smallest absolute Gasteiger partial charge is 0.335 e. The van der Waals surface area contributed by atoms with E-state index in [4.69, 9.17) is 10.8 Å². The fourth-order valence-electron chi connectivity index (χ4n) is 1.49. The average molecular weight is 264 g/mol. The Balaban J connectivity index is 2.96. The summed E-state index contributed by atoms with van der Waals surface area (Å²) >= 11 is 0. The molecule has 0 aliphatic carbocycles. The molecule has 19 heavy (non-hydrogen) atoms. The minimum Gasteiger partial charge on any atom is -0.478 e. The van der Waals surface area contributed by atoms with Gasteiger partial charge in [-0.05, 0) is 30.0 Å². The molecule has 1 atom stereocenters. The molecule has 0 fully saturated rings. The van der Waals surface area contributed by atoms with Crippen molar-refractivity contribution in [1.82, 2.24) is 0 Å². The molecule has 0 radical (unpaired) electrons. The quantitative estimate of drug-likeness (QED) is 0.778. The number of aromatic carboxylic acids is 1. The molecule has 4 N–H and O–H groups in total. The Morgan fingerprint density at radius 3 is 2.37 bits per heavy atom. The van der Waals surface area contributed by atoms with Gasteiger partial charge in [-0.25, -0.2) is 4.79 Å². The highest BCUT2D eigenvalue weighted by atomic mass is 16.4. The van der Waals surface area contributed by atoms with Gasteiger partial charge in [-0.15, -0.1) is 0 Å². The van der Waals surface area contributed by atoms with Crippen LogP contribution in [0.2, 0.25) is 0 Å². The highest BCUT2D eigenvalue weighted by molar-refractivity contribution is 5.97. The number of nitrogens with one attached hydrogen (secondary N) is 1. The van der Waals surface area contributed by atoms with Crippen molar-refractivity contribution in [2.45, 2.75) is 33.7 Å². The second-order valence-electron chi connectivity index (χ2n) is 5.67. The zero-order valence-electron chi connectivity index (χ0n) is 11.7. The zero-order chi connectivity index (χ0) is 14.8. The van der Waals surface area contributed by atoms with Crippen molar-refractivity contribution in [3.8, 4) is 0 Å². The van der Waals surface area contributed by atoms with E-state index in [2.05, 4.69) is 5.32 Å². The molecule has 5 nitrogen and oxygen atoms in total. The summed E-state index contributed by atoms with van der Waals surface area (Å²) in [5, 5.41) is 11.6. The molecule has 0 aliphatic rings. The van der Waals surface area contributed by atoms with Crippen LogP contribution in [0, 0.1) is 12.3 Å². The average Bonchev–Trinajstić information content (AvgIpc) is 2.29. The first-order chi connectivity index (χ1) is 8.62. The van der Waals surface area contributed by atoms with E-state index in [1.165, 1.54) is 12.1 Å². The van der Waals surface area contributed by atoms with Crippen LogP contribution in [-0.2, 0) is 4.79 Å². The van der Waals surface area contributed by atoms with Crippen molar-refractivity contribution < 1.29 is 14.7 Å². The molecule has 0 saturated heterocycles. The minimum atomic E-state index is -1.03. The minimum absolute atomic E-state index is 0.130. The number of hydrogen-bond acceptors (Lipinski definition) is 3. The molecule has 1 rings (SSSR count). The Kier molecular flexibility index (Phi) is 4.32. The maximum atomic E-state index is 12.0. The summed E-state index contributed by atoms with van der Waals surface area (Å²) < 4.78 is 0. The van der Waals surface area contributed by atoms with E-state index in [0.717, 1.165) is 5.56 Å². The van der Waals surface area contributed by atoms with Crippen molar-refractivity contribution >= 4 is 17.6 Å². The molecule has 1 aromatic carbocycles. The Bertz CT molecular complexity index is 504. The standard InChI is InChI=1S/C14H20N2O3/c1-8-5-6-9(13(18)19)7-10(8)16-12(17)11(15)14(2,3)4/h5-7,11H,15H2,1-4H3,(H,16,17)(H,18,19)/t11-/m1/s1. The number of carbonyl (C=O) groups is 2. The van der Waals surface area contributed by atoms with E-state index in [1.807, 2.05) is 20.8 Å². The Morgan fingerprint density at radius 2 is 1.89 bits per heavy atom. The number of carbonyl (C=O) groups excluding carboxylic acids is 1. The largest absolute Gasteiger partial charge is 0.478 e. The Hall–Kier alpha value is -1.88. The molecule has 104 valence electrons. The van der Waals surface area contributed by atoms with Crippen molar-refractivity contribution in [3.05, 3.63) is 29.3 Å². The Morgan fingerprint density at radius 1 is 1.32 bits per heavy atom. The van der Waals surface area contributed by atoms with Crippen LogP contribution in [0.1, 0.15) is 36.7 Å². The maximum absolute atomic E-state index is 12.0. The molecule has 0 aliphatic heterocycles. The van der Waals surface area contributed by atoms with Gasteiger partial charge in [0.05, 0.1) is 11.6 Å². The first-order valence-electron chi connectivity index (χ1n) is 6.03. The lowest BCUT2D eigenvalue weighted by Gasteiger charge is -2.26. The van der Waals surface area contributed by atoms with Gasteiger partial charge in [-0.1, -0.05) is 26.8 Å². The maximum Gasteiger partial charge on any atom is 0.335 e. The lowest BCUT2D eigenvalue weighted by molar-refractivity contribution is -0.119. The number of anilines is 1. The van der Waals surface area contributed by atoms with Crippen LogP contribution in [0.5, 0.6) is 0 Å². The van der Waals surface area contributed by atoms with Gasteiger partial charge in [-0.3, -0.25) is 4.79 Å². The molecular formula is C14H20N2O3. The summed E-state index contributed by atoms with van der Waals surface area (Å²) in [5.74, 6) is -1.35. The Labute approximate surface area is 112 Å². The number of nitrogens with two attached hydrogens (primary N) is 1. The fourth-order valence-corrected chi connectivity index (χ4v) is 1.49. The van der Waals surface area contributed by atoms with E-state index in [9.17, 15) is 9.59 Å². The first kappa shape index (κ1) is 15.2. The van der Waals surface area contributed by atoms with Gasteiger partial charge in [0.15, 0.2) is 0 Å². The summed E-state index contributed by atoms with van der Waals surface area (Å²) in [7, 11) is 0. The topological polar surface area (TPSA) is 92.4 Å². The lowest BCUT2D eigenvalue weighted by atomic mass is 9.87. The third-order valence-corrected chi connectivity index (χ3v) is 2.96. The van der Waals surface area contributed by atoms with Crippen LogP contribution in [-0.4, -0.2) is 23.0 Å². The van der Waals surface area contributed by atoms with Crippen molar-refractivity contribution in [3.63, 3.8) is 0 Å².